The molecule has 0 radical (unpaired) electrons. The number of benzene rings is 1. The van der Waals surface area contributed by atoms with E-state index >= 15 is 0 Å². The molecule has 1 aliphatic carbocycles. The summed E-state index contributed by atoms with van der Waals surface area (Å²) < 4.78 is 27.5. The van der Waals surface area contributed by atoms with E-state index in [1.54, 1.807) is 12.1 Å². The molecular formula is C18H25N3O4S. The van der Waals surface area contributed by atoms with Crippen molar-refractivity contribution in [1.82, 2.24) is 9.62 Å². The zero-order chi connectivity index (χ0) is 18.7. The third-order valence-corrected chi connectivity index (χ3v) is 7.00. The highest BCUT2D eigenvalue weighted by molar-refractivity contribution is 7.89. The molecular weight excluding hydrogens is 354 g/mol. The van der Waals surface area contributed by atoms with E-state index in [9.17, 15) is 18.3 Å². The van der Waals surface area contributed by atoms with E-state index in [-0.39, 0.29) is 23.0 Å². The maximum atomic E-state index is 13.0. The second-order valence-electron chi connectivity index (χ2n) is 6.81. The predicted octanol–water partition coefficient (Wildman–Crippen LogP) is 0.935. The number of aliphatic hydroxyl groups is 1. The normalized spacial score (nSPS) is 27.2. The van der Waals surface area contributed by atoms with E-state index in [4.69, 9.17) is 0 Å². The number of amides is 1. The van der Waals surface area contributed by atoms with Crippen LogP contribution in [0.25, 0.3) is 0 Å². The van der Waals surface area contributed by atoms with Crippen LogP contribution in [-0.4, -0.2) is 55.5 Å². The number of hydrogen-bond donors (Lipinski definition) is 3. The van der Waals surface area contributed by atoms with Gasteiger partial charge in [0.05, 0.1) is 11.0 Å². The van der Waals surface area contributed by atoms with Crippen molar-refractivity contribution in [1.29, 1.82) is 0 Å². The van der Waals surface area contributed by atoms with E-state index < -0.39 is 15.9 Å². The molecule has 8 heteroatoms. The summed E-state index contributed by atoms with van der Waals surface area (Å²) >= 11 is 0. The Bertz CT molecular complexity index is 780. The zero-order valence-corrected chi connectivity index (χ0v) is 15.4. The minimum atomic E-state index is -3.67. The van der Waals surface area contributed by atoms with Crippen LogP contribution < -0.4 is 10.6 Å². The Morgan fingerprint density at radius 1 is 1.38 bits per heavy atom. The number of aliphatic hydroxyl groups excluding tert-OH is 1. The number of sulfonamides is 1. The highest BCUT2D eigenvalue weighted by Gasteiger charge is 2.38. The molecule has 0 bridgehead atoms. The molecule has 1 heterocycles. The molecule has 1 saturated heterocycles. The molecule has 3 unspecified atom stereocenters. The Kier molecular flexibility index (Phi) is 5.76. The highest BCUT2D eigenvalue weighted by Crippen LogP contribution is 2.31. The van der Waals surface area contributed by atoms with Crippen LogP contribution in [0.3, 0.4) is 0 Å². The fourth-order valence-electron chi connectivity index (χ4n) is 3.77. The summed E-state index contributed by atoms with van der Waals surface area (Å²) in [7, 11) is -3.67. The van der Waals surface area contributed by atoms with Crippen molar-refractivity contribution >= 4 is 21.6 Å². The minimum Gasteiger partial charge on any atom is -0.393 e. The van der Waals surface area contributed by atoms with Gasteiger partial charge in [-0.05, 0) is 37.1 Å². The molecule has 1 aromatic rings. The second-order valence-corrected chi connectivity index (χ2v) is 8.74. The molecule has 142 valence electrons. The summed E-state index contributed by atoms with van der Waals surface area (Å²) in [5, 5.41) is 16.1. The lowest BCUT2D eigenvalue weighted by molar-refractivity contribution is -0.111. The third-order valence-electron chi connectivity index (χ3n) is 5.14. The van der Waals surface area contributed by atoms with Gasteiger partial charge in [-0.2, -0.15) is 4.31 Å². The largest absolute Gasteiger partial charge is 0.393 e. The maximum Gasteiger partial charge on any atom is 0.247 e. The number of rotatable bonds is 5. The first kappa shape index (κ1) is 19.0. The van der Waals surface area contributed by atoms with E-state index in [0.717, 1.165) is 25.3 Å². The van der Waals surface area contributed by atoms with Crippen molar-refractivity contribution in [2.75, 3.05) is 25.0 Å². The lowest BCUT2D eigenvalue weighted by atomic mass is 9.95. The number of anilines is 1. The van der Waals surface area contributed by atoms with Crippen molar-refractivity contribution in [3.8, 4) is 0 Å². The molecule has 1 aliphatic heterocycles. The maximum absolute atomic E-state index is 13.0. The third kappa shape index (κ3) is 3.98. The summed E-state index contributed by atoms with van der Waals surface area (Å²) in [5.74, 6) is -0.303. The van der Waals surface area contributed by atoms with Gasteiger partial charge in [0.1, 0.15) is 0 Å². The molecule has 3 atom stereocenters. The van der Waals surface area contributed by atoms with Gasteiger partial charge in [-0.3, -0.25) is 4.79 Å². The van der Waals surface area contributed by atoms with Crippen LogP contribution in [0.1, 0.15) is 19.3 Å². The van der Waals surface area contributed by atoms with Crippen LogP contribution >= 0.6 is 0 Å². The molecule has 3 rings (SSSR count). The van der Waals surface area contributed by atoms with Crippen LogP contribution in [-0.2, 0) is 14.8 Å². The van der Waals surface area contributed by atoms with Crippen molar-refractivity contribution < 1.29 is 18.3 Å². The molecule has 7 nitrogen and oxygen atoms in total. The molecule has 2 aliphatic rings. The average Bonchev–Trinajstić information content (AvgIpc) is 3.08. The molecule has 1 amide bonds. The van der Waals surface area contributed by atoms with E-state index in [1.807, 2.05) is 0 Å². The van der Waals surface area contributed by atoms with Gasteiger partial charge in [-0.1, -0.05) is 19.1 Å². The van der Waals surface area contributed by atoms with Crippen LogP contribution in [0.15, 0.2) is 41.8 Å². The van der Waals surface area contributed by atoms with Gasteiger partial charge in [0.2, 0.25) is 15.9 Å². The average molecular weight is 379 g/mol. The lowest BCUT2D eigenvalue weighted by Gasteiger charge is -2.37. The molecule has 1 aromatic carbocycles. The topological polar surface area (TPSA) is 98.7 Å². The molecule has 0 spiro atoms. The minimum absolute atomic E-state index is 0.0420. The Morgan fingerprint density at radius 3 is 2.88 bits per heavy atom. The monoisotopic (exact) mass is 379 g/mol. The van der Waals surface area contributed by atoms with Crippen molar-refractivity contribution in [2.45, 2.75) is 36.3 Å². The van der Waals surface area contributed by atoms with E-state index in [2.05, 4.69) is 17.2 Å². The summed E-state index contributed by atoms with van der Waals surface area (Å²) in [5.41, 5.74) is 0.411. The van der Waals surface area contributed by atoms with E-state index in [1.165, 1.54) is 16.4 Å². The van der Waals surface area contributed by atoms with Gasteiger partial charge in [0, 0.05) is 37.3 Å². The van der Waals surface area contributed by atoms with Crippen LogP contribution in [0, 0.1) is 5.92 Å². The Labute approximate surface area is 154 Å². The van der Waals surface area contributed by atoms with Crippen LogP contribution in [0.5, 0.6) is 0 Å². The Balaban J connectivity index is 1.78. The number of nitrogens with zero attached hydrogens (tertiary/aromatic N) is 1. The van der Waals surface area contributed by atoms with Crippen molar-refractivity contribution in [3.63, 3.8) is 0 Å². The predicted molar refractivity (Wildman–Crippen MR) is 99.2 cm³/mol. The zero-order valence-electron chi connectivity index (χ0n) is 14.6. The second kappa shape index (κ2) is 7.87. The number of nitrogens with one attached hydrogen (secondary N) is 2. The Hall–Kier alpha value is -1.74. The highest BCUT2D eigenvalue weighted by atomic mass is 32.2. The summed E-state index contributed by atoms with van der Waals surface area (Å²) in [4.78, 5) is 11.6. The van der Waals surface area contributed by atoms with Crippen LogP contribution in [0.2, 0.25) is 0 Å². The smallest absolute Gasteiger partial charge is 0.247 e. The first-order valence-corrected chi connectivity index (χ1v) is 10.3. The van der Waals surface area contributed by atoms with Gasteiger partial charge in [-0.15, -0.1) is 0 Å². The Morgan fingerprint density at radius 2 is 2.19 bits per heavy atom. The van der Waals surface area contributed by atoms with Crippen molar-refractivity contribution in [2.24, 2.45) is 5.92 Å². The number of hydrogen-bond acceptors (Lipinski definition) is 5. The van der Waals surface area contributed by atoms with Gasteiger partial charge in [0.15, 0.2) is 0 Å². The lowest BCUT2D eigenvalue weighted by Crippen LogP contribution is -2.56. The first-order chi connectivity index (χ1) is 12.4. The summed E-state index contributed by atoms with van der Waals surface area (Å²) in [6.45, 7) is 4.66. The fraction of sp³-hybridized carbons (Fsp3) is 0.500. The molecule has 26 heavy (non-hydrogen) atoms. The number of carbonyl (C=O) groups excluding carboxylic acids is 1. The molecule has 0 aromatic heterocycles. The molecule has 2 fully saturated rings. The van der Waals surface area contributed by atoms with Gasteiger partial charge >= 0.3 is 0 Å². The van der Waals surface area contributed by atoms with Gasteiger partial charge in [0.25, 0.3) is 0 Å². The van der Waals surface area contributed by atoms with Crippen molar-refractivity contribution in [3.05, 3.63) is 36.9 Å². The van der Waals surface area contributed by atoms with Gasteiger partial charge in [-0.25, -0.2) is 8.42 Å². The van der Waals surface area contributed by atoms with E-state index in [0.29, 0.717) is 25.3 Å². The quantitative estimate of drug-likeness (QED) is 0.661. The molecule has 3 N–H and O–H groups in total. The summed E-state index contributed by atoms with van der Waals surface area (Å²) in [6, 6.07) is 6.18. The van der Waals surface area contributed by atoms with Gasteiger partial charge < -0.3 is 15.7 Å². The fourth-order valence-corrected chi connectivity index (χ4v) is 5.28. The number of carbonyl (C=O) groups is 1. The summed E-state index contributed by atoms with van der Waals surface area (Å²) in [6.07, 6.45) is 3.43. The van der Waals surface area contributed by atoms with Crippen LogP contribution in [0.4, 0.5) is 5.69 Å². The standard InChI is InChI=1S/C18H25N3O4S/c1-2-18(23)20-13-5-3-6-14(11-13)26(24,25)21-10-9-19-16(12-21)15-7-4-8-17(15)22/h2-3,5-6,11,15-17,19,22H,1,4,7-10,12H2,(H,20,23). The first-order valence-electron chi connectivity index (χ1n) is 8.87. The molecule has 1 saturated carbocycles. The number of piperazine rings is 1. The SMILES string of the molecule is C=CC(=O)Nc1cccc(S(=O)(=O)N2CCNC(C3CCCC3O)C2)c1.